The van der Waals surface area contributed by atoms with Gasteiger partial charge in [0.05, 0.1) is 6.61 Å². The molecule has 0 aromatic heterocycles. The molecule has 0 saturated carbocycles. The fourth-order valence-corrected chi connectivity index (χ4v) is 1.86. The van der Waals surface area contributed by atoms with Crippen LogP contribution in [0.15, 0.2) is 22.7 Å². The summed E-state index contributed by atoms with van der Waals surface area (Å²) in [6.45, 7) is 4.00. The molecule has 0 heterocycles. The first-order valence-corrected chi connectivity index (χ1v) is 6.27. The molecule has 1 atom stereocenters. The van der Waals surface area contributed by atoms with E-state index in [1.165, 1.54) is 12.1 Å². The van der Waals surface area contributed by atoms with E-state index in [-0.39, 0.29) is 11.9 Å². The van der Waals surface area contributed by atoms with E-state index < -0.39 is 0 Å². The normalized spacial score (nSPS) is 12.5. The number of methoxy groups -OCH3 is 1. The van der Waals surface area contributed by atoms with Crippen molar-refractivity contribution in [3.05, 3.63) is 28.5 Å². The highest BCUT2D eigenvalue weighted by molar-refractivity contribution is 9.10. The lowest BCUT2D eigenvalue weighted by Crippen LogP contribution is -2.34. The van der Waals surface area contributed by atoms with Crippen molar-refractivity contribution in [2.24, 2.45) is 0 Å². The molecule has 1 rings (SSSR count). The summed E-state index contributed by atoms with van der Waals surface area (Å²) in [4.78, 5) is 0. The number of hydrogen-bond donors (Lipinski definition) is 1. The molecule has 1 aromatic rings. The molecule has 1 unspecified atom stereocenters. The van der Waals surface area contributed by atoms with Gasteiger partial charge in [-0.3, -0.25) is 0 Å². The van der Waals surface area contributed by atoms with Crippen LogP contribution in [0.2, 0.25) is 0 Å². The standard InChI is InChI=1S/C12H17BrFNO2/c1-3-15-7-12(8-16-2)17-11-5-9(13)4-10(14)6-11/h4-6,12,15H,3,7-8H2,1-2H3. The third-order valence-corrected chi connectivity index (χ3v) is 2.57. The zero-order chi connectivity index (χ0) is 12.7. The predicted molar refractivity (Wildman–Crippen MR) is 68.9 cm³/mol. The second-order valence-electron chi connectivity index (χ2n) is 3.61. The number of ether oxygens (including phenoxy) is 2. The molecule has 3 nitrogen and oxygen atoms in total. The second-order valence-corrected chi connectivity index (χ2v) is 4.52. The Kier molecular flexibility index (Phi) is 6.47. The summed E-state index contributed by atoms with van der Waals surface area (Å²) < 4.78 is 24.5. The Morgan fingerprint density at radius 1 is 1.41 bits per heavy atom. The van der Waals surface area contributed by atoms with Crippen LogP contribution < -0.4 is 10.1 Å². The minimum Gasteiger partial charge on any atom is -0.487 e. The lowest BCUT2D eigenvalue weighted by atomic mass is 10.3. The fraction of sp³-hybridized carbons (Fsp3) is 0.500. The average molecular weight is 306 g/mol. The molecular weight excluding hydrogens is 289 g/mol. The van der Waals surface area contributed by atoms with E-state index in [2.05, 4.69) is 21.2 Å². The molecule has 0 saturated heterocycles. The molecule has 5 heteroatoms. The van der Waals surface area contributed by atoms with E-state index in [0.717, 1.165) is 6.54 Å². The van der Waals surface area contributed by atoms with Crippen molar-refractivity contribution < 1.29 is 13.9 Å². The van der Waals surface area contributed by atoms with Crippen LogP contribution in [0.3, 0.4) is 0 Å². The highest BCUT2D eigenvalue weighted by atomic mass is 79.9. The number of hydrogen-bond acceptors (Lipinski definition) is 3. The summed E-state index contributed by atoms with van der Waals surface area (Å²) in [6.07, 6.45) is -0.131. The Balaban J connectivity index is 2.63. The Morgan fingerprint density at radius 2 is 2.18 bits per heavy atom. The van der Waals surface area contributed by atoms with Gasteiger partial charge in [-0.15, -0.1) is 0 Å². The van der Waals surface area contributed by atoms with Gasteiger partial charge in [-0.2, -0.15) is 0 Å². The maximum absolute atomic E-state index is 13.2. The first kappa shape index (κ1) is 14.4. The van der Waals surface area contributed by atoms with Crippen LogP contribution in [0.1, 0.15) is 6.92 Å². The Labute approximate surface area is 109 Å². The maximum atomic E-state index is 13.2. The van der Waals surface area contributed by atoms with E-state index in [0.29, 0.717) is 23.4 Å². The van der Waals surface area contributed by atoms with Gasteiger partial charge in [0, 0.05) is 24.2 Å². The fourth-order valence-electron chi connectivity index (χ4n) is 1.41. The van der Waals surface area contributed by atoms with Crippen LogP contribution >= 0.6 is 15.9 Å². The predicted octanol–water partition coefficient (Wildman–Crippen LogP) is 2.59. The molecule has 0 aliphatic heterocycles. The minimum absolute atomic E-state index is 0.131. The zero-order valence-corrected chi connectivity index (χ0v) is 11.6. The van der Waals surface area contributed by atoms with Crippen LogP contribution in [-0.4, -0.2) is 32.9 Å². The number of nitrogens with one attached hydrogen (secondary N) is 1. The summed E-state index contributed by atoms with van der Waals surface area (Å²) in [7, 11) is 1.61. The van der Waals surface area contributed by atoms with Gasteiger partial charge in [0.25, 0.3) is 0 Å². The van der Waals surface area contributed by atoms with Gasteiger partial charge in [-0.25, -0.2) is 4.39 Å². The molecular formula is C12H17BrFNO2. The van der Waals surface area contributed by atoms with Crippen molar-refractivity contribution in [1.29, 1.82) is 0 Å². The van der Waals surface area contributed by atoms with Crippen molar-refractivity contribution in [3.63, 3.8) is 0 Å². The lowest BCUT2D eigenvalue weighted by Gasteiger charge is -2.18. The van der Waals surface area contributed by atoms with Crippen molar-refractivity contribution in [2.45, 2.75) is 13.0 Å². The molecule has 17 heavy (non-hydrogen) atoms. The quantitative estimate of drug-likeness (QED) is 0.840. The van der Waals surface area contributed by atoms with E-state index in [9.17, 15) is 4.39 Å². The van der Waals surface area contributed by atoms with E-state index in [1.807, 2.05) is 6.92 Å². The molecule has 0 fully saturated rings. The van der Waals surface area contributed by atoms with Crippen molar-refractivity contribution in [3.8, 4) is 5.75 Å². The number of halogens is 2. The van der Waals surface area contributed by atoms with E-state index in [4.69, 9.17) is 9.47 Å². The third-order valence-electron chi connectivity index (χ3n) is 2.11. The van der Waals surface area contributed by atoms with Crippen molar-refractivity contribution >= 4 is 15.9 Å². The number of rotatable bonds is 7. The average Bonchev–Trinajstić information content (AvgIpc) is 2.24. The van der Waals surface area contributed by atoms with E-state index >= 15 is 0 Å². The summed E-state index contributed by atoms with van der Waals surface area (Å²) >= 11 is 3.23. The van der Waals surface area contributed by atoms with Crippen LogP contribution in [0.25, 0.3) is 0 Å². The molecule has 0 spiro atoms. The number of likely N-dealkylation sites (N-methyl/N-ethyl adjacent to an activating group) is 1. The van der Waals surface area contributed by atoms with Gasteiger partial charge in [-0.05, 0) is 18.7 Å². The monoisotopic (exact) mass is 305 g/mol. The largest absolute Gasteiger partial charge is 0.487 e. The highest BCUT2D eigenvalue weighted by Crippen LogP contribution is 2.21. The molecule has 0 aliphatic carbocycles. The van der Waals surface area contributed by atoms with Gasteiger partial charge in [0.15, 0.2) is 0 Å². The Bertz CT molecular complexity index is 329. The molecule has 1 aromatic carbocycles. The van der Waals surface area contributed by atoms with Crippen LogP contribution in [0, 0.1) is 5.82 Å². The van der Waals surface area contributed by atoms with Gasteiger partial charge >= 0.3 is 0 Å². The van der Waals surface area contributed by atoms with Crippen LogP contribution in [0.5, 0.6) is 5.75 Å². The van der Waals surface area contributed by atoms with Gasteiger partial charge < -0.3 is 14.8 Å². The molecule has 0 radical (unpaired) electrons. The smallest absolute Gasteiger partial charge is 0.134 e. The van der Waals surface area contributed by atoms with Gasteiger partial charge in [-0.1, -0.05) is 22.9 Å². The first-order chi connectivity index (χ1) is 8.15. The summed E-state index contributed by atoms with van der Waals surface area (Å²) in [5.74, 6) is 0.172. The highest BCUT2D eigenvalue weighted by Gasteiger charge is 2.10. The van der Waals surface area contributed by atoms with Gasteiger partial charge in [0.2, 0.25) is 0 Å². The molecule has 96 valence electrons. The van der Waals surface area contributed by atoms with Crippen molar-refractivity contribution in [2.75, 3.05) is 26.8 Å². The van der Waals surface area contributed by atoms with E-state index in [1.54, 1.807) is 13.2 Å². The summed E-state index contributed by atoms with van der Waals surface area (Å²) in [5, 5.41) is 3.17. The molecule has 1 N–H and O–H groups in total. The van der Waals surface area contributed by atoms with Crippen LogP contribution in [-0.2, 0) is 4.74 Å². The lowest BCUT2D eigenvalue weighted by molar-refractivity contribution is 0.0807. The molecule has 0 bridgehead atoms. The second kappa shape index (κ2) is 7.63. The number of benzene rings is 1. The first-order valence-electron chi connectivity index (χ1n) is 5.48. The Hall–Kier alpha value is -0.650. The summed E-state index contributed by atoms with van der Waals surface area (Å²) in [5.41, 5.74) is 0. The zero-order valence-electron chi connectivity index (χ0n) is 10.0. The van der Waals surface area contributed by atoms with Crippen molar-refractivity contribution in [1.82, 2.24) is 5.32 Å². The molecule has 0 amide bonds. The topological polar surface area (TPSA) is 30.5 Å². The summed E-state index contributed by atoms with van der Waals surface area (Å²) in [6, 6.07) is 4.49. The van der Waals surface area contributed by atoms with Crippen LogP contribution in [0.4, 0.5) is 4.39 Å². The molecule has 0 aliphatic rings. The Morgan fingerprint density at radius 3 is 2.76 bits per heavy atom. The third kappa shape index (κ3) is 5.48. The minimum atomic E-state index is -0.325. The maximum Gasteiger partial charge on any atom is 0.134 e. The SMILES string of the molecule is CCNCC(COC)Oc1cc(F)cc(Br)c1. The van der Waals surface area contributed by atoms with Gasteiger partial charge in [0.1, 0.15) is 17.7 Å².